The molecule has 0 unspecified atom stereocenters. The Hall–Kier alpha value is -2.74. The number of Topliss-reactive ketones (excluding diaryl/α,β-unsaturated/α-hetero) is 1. The topological polar surface area (TPSA) is 98.3 Å². The molecule has 0 spiro atoms. The average molecular weight is 447 g/mol. The highest BCUT2D eigenvalue weighted by atomic mass is 35.5. The van der Waals surface area contributed by atoms with Gasteiger partial charge in [0.25, 0.3) is 5.91 Å². The summed E-state index contributed by atoms with van der Waals surface area (Å²) in [6, 6.07) is 4.39. The quantitative estimate of drug-likeness (QED) is 0.704. The summed E-state index contributed by atoms with van der Waals surface area (Å²) in [5, 5.41) is 5.18. The number of carbonyl (C=O) groups excluding carboxylic acids is 3. The first kappa shape index (κ1) is 21.5. The maximum atomic E-state index is 13.8. The van der Waals surface area contributed by atoms with Crippen molar-refractivity contribution in [3.63, 3.8) is 0 Å². The maximum absolute atomic E-state index is 13.8. The number of ketones is 1. The summed E-state index contributed by atoms with van der Waals surface area (Å²) in [4.78, 5) is 39.4. The number of primary amides is 1. The highest BCUT2D eigenvalue weighted by molar-refractivity contribution is 6.31. The fourth-order valence-electron chi connectivity index (χ4n) is 4.41. The van der Waals surface area contributed by atoms with Crippen molar-refractivity contribution in [1.29, 1.82) is 0 Å². The molecule has 4 rings (SSSR count). The zero-order chi connectivity index (χ0) is 22.4. The first-order valence-corrected chi connectivity index (χ1v) is 10.7. The summed E-state index contributed by atoms with van der Waals surface area (Å²) in [5.74, 6) is -1.05. The smallest absolute Gasteiger partial charge is 0.269 e. The van der Waals surface area contributed by atoms with Gasteiger partial charge < -0.3 is 10.6 Å². The lowest BCUT2D eigenvalue weighted by atomic mass is 10.0. The molecule has 2 aliphatic rings. The molecule has 1 aliphatic carbocycles. The number of allylic oxidation sites excluding steroid dienone is 2. The number of fused-ring (bicyclic) bond motifs is 2. The molecule has 7 nitrogen and oxygen atoms in total. The second-order valence-electron chi connectivity index (χ2n) is 8.52. The second-order valence-corrected chi connectivity index (χ2v) is 8.96. The van der Waals surface area contributed by atoms with Gasteiger partial charge in [-0.3, -0.25) is 19.1 Å². The minimum absolute atomic E-state index is 0.0378. The zero-order valence-corrected chi connectivity index (χ0v) is 18.2. The number of amides is 2. The lowest BCUT2D eigenvalue weighted by Gasteiger charge is -2.27. The van der Waals surface area contributed by atoms with E-state index in [-0.39, 0.29) is 48.6 Å². The van der Waals surface area contributed by atoms with Crippen LogP contribution in [0.4, 0.5) is 4.39 Å². The Morgan fingerprint density at radius 1 is 1.23 bits per heavy atom. The van der Waals surface area contributed by atoms with E-state index in [1.165, 1.54) is 4.68 Å². The fourth-order valence-corrected chi connectivity index (χ4v) is 4.58. The van der Waals surface area contributed by atoms with Crippen LogP contribution in [0.2, 0.25) is 5.02 Å². The van der Waals surface area contributed by atoms with Crippen LogP contribution in [0.25, 0.3) is 10.9 Å². The third-order valence-corrected chi connectivity index (χ3v) is 6.36. The molecule has 164 valence electrons. The number of benzene rings is 1. The largest absolute Gasteiger partial charge is 0.364 e. The molecule has 0 radical (unpaired) electrons. The Kier molecular flexibility index (Phi) is 5.60. The average Bonchev–Trinajstić information content (AvgIpc) is 3.23. The lowest BCUT2D eigenvalue weighted by molar-refractivity contribution is -0.139. The molecule has 3 atom stereocenters. The van der Waals surface area contributed by atoms with Crippen LogP contribution in [-0.2, 0) is 16.1 Å². The van der Waals surface area contributed by atoms with Crippen molar-refractivity contribution in [2.45, 2.75) is 58.2 Å². The van der Waals surface area contributed by atoms with Crippen LogP contribution in [0, 0.1) is 5.92 Å². The molecule has 1 aliphatic heterocycles. The number of nitrogens with two attached hydrogens (primary N) is 1. The number of likely N-dealkylation sites (tertiary alicyclic amines) is 1. The van der Waals surface area contributed by atoms with Crippen molar-refractivity contribution >= 4 is 40.1 Å². The van der Waals surface area contributed by atoms with Crippen LogP contribution in [-0.4, -0.2) is 44.4 Å². The van der Waals surface area contributed by atoms with Gasteiger partial charge in [0.05, 0.1) is 17.4 Å². The van der Waals surface area contributed by atoms with Crippen LogP contribution in [0.15, 0.2) is 29.6 Å². The third kappa shape index (κ3) is 4.08. The van der Waals surface area contributed by atoms with Crippen LogP contribution in [0.1, 0.15) is 50.0 Å². The van der Waals surface area contributed by atoms with Gasteiger partial charge in [-0.1, -0.05) is 11.6 Å². The molecule has 31 heavy (non-hydrogen) atoms. The van der Waals surface area contributed by atoms with E-state index in [9.17, 15) is 18.8 Å². The van der Waals surface area contributed by atoms with E-state index < -0.39 is 11.9 Å². The molecular formula is C22H24ClFN4O3. The molecule has 2 aromatic rings. The van der Waals surface area contributed by atoms with E-state index in [0.717, 1.165) is 6.42 Å². The molecule has 2 fully saturated rings. The number of carbonyl (C=O) groups is 3. The summed E-state index contributed by atoms with van der Waals surface area (Å²) in [5.41, 5.74) is 6.58. The molecule has 0 bridgehead atoms. The fraction of sp³-hybridized carbons (Fsp3) is 0.455. The van der Waals surface area contributed by atoms with E-state index in [1.54, 1.807) is 36.9 Å². The first-order chi connectivity index (χ1) is 14.7. The normalized spacial score (nSPS) is 21.8. The number of rotatable bonds is 7. The zero-order valence-electron chi connectivity index (χ0n) is 17.4. The van der Waals surface area contributed by atoms with Crippen LogP contribution >= 0.6 is 11.6 Å². The number of halogens is 2. The molecule has 2 N–H and O–H groups in total. The predicted molar refractivity (Wildman–Crippen MR) is 114 cm³/mol. The molecule has 1 saturated carbocycles. The number of piperidine rings is 1. The van der Waals surface area contributed by atoms with Gasteiger partial charge >= 0.3 is 0 Å². The van der Waals surface area contributed by atoms with Crippen LogP contribution in [0.5, 0.6) is 0 Å². The molecule has 2 amide bonds. The first-order valence-electron chi connectivity index (χ1n) is 10.3. The van der Waals surface area contributed by atoms with Crippen molar-refractivity contribution in [2.75, 3.05) is 0 Å². The standard InChI is InChI=1S/C22H24ClFN4O3/c1-11(2)15(24)5-6-19(29)18-8-12-7-16(12)28(18)20(30)10-27-17-9-13(23)3-4-14(17)21(26-27)22(25)31/h3-4,9,12,16,18H,5-8,10H2,1-2H3,(H2,25,31)/t12-,16-,18+/m1/s1. The lowest BCUT2D eigenvalue weighted by Crippen LogP contribution is -2.44. The van der Waals surface area contributed by atoms with Gasteiger partial charge in [-0.25, -0.2) is 4.39 Å². The van der Waals surface area contributed by atoms with Gasteiger partial charge in [-0.2, -0.15) is 5.10 Å². The van der Waals surface area contributed by atoms with Crippen LogP contribution in [0.3, 0.4) is 0 Å². The van der Waals surface area contributed by atoms with E-state index in [2.05, 4.69) is 5.10 Å². The Morgan fingerprint density at radius 3 is 2.65 bits per heavy atom. The van der Waals surface area contributed by atoms with Crippen molar-refractivity contribution < 1.29 is 18.8 Å². The van der Waals surface area contributed by atoms with E-state index in [4.69, 9.17) is 17.3 Å². The van der Waals surface area contributed by atoms with Crippen molar-refractivity contribution in [2.24, 2.45) is 11.7 Å². The summed E-state index contributed by atoms with van der Waals surface area (Å²) in [7, 11) is 0. The number of aromatic nitrogens is 2. The monoisotopic (exact) mass is 446 g/mol. The Labute approximate surface area is 184 Å². The highest BCUT2D eigenvalue weighted by Crippen LogP contribution is 2.48. The second kappa shape index (κ2) is 8.07. The number of hydrogen-bond acceptors (Lipinski definition) is 4. The maximum Gasteiger partial charge on any atom is 0.269 e. The van der Waals surface area contributed by atoms with Gasteiger partial charge in [0.2, 0.25) is 5.91 Å². The van der Waals surface area contributed by atoms with Gasteiger partial charge in [0.15, 0.2) is 11.5 Å². The summed E-state index contributed by atoms with van der Waals surface area (Å²) >= 11 is 6.09. The van der Waals surface area contributed by atoms with Crippen molar-refractivity contribution in [3.05, 3.63) is 40.3 Å². The molecule has 2 heterocycles. The predicted octanol–water partition coefficient (Wildman–Crippen LogP) is 3.39. The third-order valence-electron chi connectivity index (χ3n) is 6.13. The molecule has 1 aromatic carbocycles. The summed E-state index contributed by atoms with van der Waals surface area (Å²) < 4.78 is 15.2. The minimum atomic E-state index is -0.698. The van der Waals surface area contributed by atoms with E-state index >= 15 is 0 Å². The number of hydrogen-bond donors (Lipinski definition) is 1. The van der Waals surface area contributed by atoms with Gasteiger partial charge in [0, 0.05) is 29.3 Å². The Morgan fingerprint density at radius 2 is 1.97 bits per heavy atom. The van der Waals surface area contributed by atoms with Crippen molar-refractivity contribution in [1.82, 2.24) is 14.7 Å². The van der Waals surface area contributed by atoms with E-state index in [1.807, 2.05) is 0 Å². The van der Waals surface area contributed by atoms with E-state index in [0.29, 0.717) is 33.8 Å². The Bertz CT molecular complexity index is 1120. The SMILES string of the molecule is CC(C)=C(F)CCC(=O)[C@@H]1C[C@H]2C[C@H]2N1C(=O)Cn1nc(C(N)=O)c2ccc(Cl)cc21. The summed E-state index contributed by atoms with van der Waals surface area (Å²) in [6.45, 7) is 3.20. The molecule has 1 saturated heterocycles. The number of nitrogens with zero attached hydrogens (tertiary/aromatic N) is 3. The van der Waals surface area contributed by atoms with Gasteiger partial charge in [-0.15, -0.1) is 0 Å². The molecular weight excluding hydrogens is 423 g/mol. The highest BCUT2D eigenvalue weighted by Gasteiger charge is 2.55. The van der Waals surface area contributed by atoms with Crippen LogP contribution < -0.4 is 5.73 Å². The Balaban J connectivity index is 1.55. The van der Waals surface area contributed by atoms with Crippen molar-refractivity contribution in [3.8, 4) is 0 Å². The summed E-state index contributed by atoms with van der Waals surface area (Å²) in [6.07, 6.45) is 1.61. The van der Waals surface area contributed by atoms with Gasteiger partial charge in [-0.05, 0) is 56.4 Å². The van der Waals surface area contributed by atoms with Gasteiger partial charge in [0.1, 0.15) is 6.54 Å². The molecule has 9 heteroatoms. The molecule has 1 aromatic heterocycles. The minimum Gasteiger partial charge on any atom is -0.364 e.